The monoisotopic (exact) mass is 663 g/mol. The molecule has 2 N–H and O–H groups in total. The van der Waals surface area contributed by atoms with E-state index >= 15 is 0 Å². The summed E-state index contributed by atoms with van der Waals surface area (Å²) >= 11 is 0. The van der Waals surface area contributed by atoms with E-state index in [4.69, 9.17) is 9.47 Å². The third-order valence-corrected chi connectivity index (χ3v) is 7.46. The maximum Gasteiger partial charge on any atom is 0.142 e. The van der Waals surface area contributed by atoms with Gasteiger partial charge in [-0.25, -0.2) is 0 Å². The number of aliphatic hydroxyl groups is 2. The summed E-state index contributed by atoms with van der Waals surface area (Å²) in [6.07, 6.45) is 1.96. The van der Waals surface area contributed by atoms with Crippen LogP contribution < -0.4 is 9.64 Å². The van der Waals surface area contributed by atoms with Gasteiger partial charge in [0.1, 0.15) is 18.0 Å². The van der Waals surface area contributed by atoms with Crippen LogP contribution in [0.4, 0.5) is 5.69 Å². The van der Waals surface area contributed by atoms with Crippen molar-refractivity contribution >= 4 is 55.3 Å². The van der Waals surface area contributed by atoms with Gasteiger partial charge in [0.15, 0.2) is 0 Å². The number of nitrogens with zero attached hydrogens (tertiary/aromatic N) is 5. The van der Waals surface area contributed by atoms with Crippen LogP contribution in [0.25, 0.3) is 0 Å². The van der Waals surface area contributed by atoms with Crippen molar-refractivity contribution in [1.29, 1.82) is 0 Å². The summed E-state index contributed by atoms with van der Waals surface area (Å²) in [5, 5.41) is 21.2. The largest absolute Gasteiger partial charge is 0.495 e. The molecule has 0 spiro atoms. The lowest BCUT2D eigenvalue weighted by atomic mass is 10.0. The van der Waals surface area contributed by atoms with Gasteiger partial charge >= 0.3 is 0 Å². The van der Waals surface area contributed by atoms with Crippen molar-refractivity contribution in [2.45, 2.75) is 37.4 Å². The minimum Gasteiger partial charge on any atom is -0.495 e. The molecule has 3 aromatic rings. The fourth-order valence-electron chi connectivity index (χ4n) is 5.61. The predicted octanol–water partition coefficient (Wildman–Crippen LogP) is 3.49. The number of halogens is 4. The van der Waals surface area contributed by atoms with Crippen LogP contribution in [0.2, 0.25) is 0 Å². The fourth-order valence-corrected chi connectivity index (χ4v) is 5.61. The molecule has 0 radical (unpaired) electrons. The zero-order valence-electron chi connectivity index (χ0n) is 23.5. The smallest absolute Gasteiger partial charge is 0.142 e. The Hall–Kier alpha value is -1.92. The molecule has 2 aliphatic rings. The molecule has 42 heavy (non-hydrogen) atoms. The zero-order chi connectivity index (χ0) is 26.3. The third kappa shape index (κ3) is 9.29. The number of rotatable bonds is 10. The molecule has 0 unspecified atom stereocenters. The molecule has 13 heteroatoms. The molecule has 9 nitrogen and oxygen atoms in total. The first-order chi connectivity index (χ1) is 18.7. The first-order valence-corrected chi connectivity index (χ1v) is 13.2. The van der Waals surface area contributed by atoms with E-state index in [0.29, 0.717) is 19.6 Å². The minimum absolute atomic E-state index is 0. The molecule has 0 amide bonds. The maximum absolute atomic E-state index is 11.2. The summed E-state index contributed by atoms with van der Waals surface area (Å²) in [4.78, 5) is 15.9. The number of aromatic nitrogens is 2. The molecular formula is C29H41Cl4N5O4. The lowest BCUT2D eigenvalue weighted by molar-refractivity contribution is -0.0327. The molecule has 5 rings (SSSR count). The number of anilines is 1. The highest BCUT2D eigenvalue weighted by Crippen LogP contribution is 2.32. The Morgan fingerprint density at radius 2 is 1.40 bits per heavy atom. The lowest BCUT2D eigenvalue weighted by Crippen LogP contribution is -2.57. The van der Waals surface area contributed by atoms with Gasteiger partial charge in [-0.1, -0.05) is 24.3 Å². The lowest BCUT2D eigenvalue weighted by Gasteiger charge is -2.42. The van der Waals surface area contributed by atoms with Crippen LogP contribution in [0, 0.1) is 0 Å². The quantitative estimate of drug-likeness (QED) is 0.338. The molecule has 2 aromatic heterocycles. The van der Waals surface area contributed by atoms with Crippen LogP contribution in [0.5, 0.6) is 5.75 Å². The number of para-hydroxylation sites is 2. The van der Waals surface area contributed by atoms with Crippen molar-refractivity contribution in [1.82, 2.24) is 19.8 Å². The van der Waals surface area contributed by atoms with Crippen LogP contribution in [0.15, 0.2) is 73.1 Å². The van der Waals surface area contributed by atoms with E-state index in [0.717, 1.165) is 49.0 Å². The first kappa shape index (κ1) is 38.1. The van der Waals surface area contributed by atoms with E-state index in [2.05, 4.69) is 30.7 Å². The molecule has 0 saturated carbocycles. The van der Waals surface area contributed by atoms with E-state index in [1.54, 1.807) is 19.5 Å². The summed E-state index contributed by atoms with van der Waals surface area (Å²) in [5.74, 6) is 0.864. The molecule has 2 fully saturated rings. The number of methoxy groups -OCH3 is 1. The zero-order valence-corrected chi connectivity index (χ0v) is 26.7. The molecule has 234 valence electrons. The van der Waals surface area contributed by atoms with Crippen molar-refractivity contribution in [3.05, 3.63) is 84.4 Å². The normalized spacial score (nSPS) is 21.9. The maximum atomic E-state index is 11.2. The van der Waals surface area contributed by atoms with E-state index in [9.17, 15) is 10.2 Å². The van der Waals surface area contributed by atoms with Gasteiger partial charge in [-0.3, -0.25) is 19.8 Å². The number of hydrogen-bond donors (Lipinski definition) is 2. The number of pyridine rings is 2. The van der Waals surface area contributed by atoms with Crippen LogP contribution in [-0.2, 0) is 17.8 Å². The topological polar surface area (TPSA) is 94.4 Å². The van der Waals surface area contributed by atoms with Crippen molar-refractivity contribution in [3.8, 4) is 5.75 Å². The molecule has 2 saturated heterocycles. The Morgan fingerprint density at radius 1 is 0.833 bits per heavy atom. The van der Waals surface area contributed by atoms with Gasteiger partial charge in [0, 0.05) is 58.2 Å². The average molecular weight is 665 g/mol. The first-order valence-electron chi connectivity index (χ1n) is 13.2. The summed E-state index contributed by atoms with van der Waals surface area (Å²) in [6, 6.07) is 19.7. The summed E-state index contributed by atoms with van der Waals surface area (Å²) < 4.78 is 11.9. The van der Waals surface area contributed by atoms with Crippen LogP contribution >= 0.6 is 49.6 Å². The van der Waals surface area contributed by atoms with Gasteiger partial charge in [-0.15, -0.1) is 49.6 Å². The standard InChI is InChI=1S/C29H37N5O4.4ClH/c1-37-25-11-3-2-10-24(25)33-14-16-34(17-15-33)28-26(38-27(21-35)29(28)36)20-32(18-22-8-4-6-12-30-22)19-23-9-5-7-13-31-23;;;;/h2-13,26-29,35-36H,14-21H2,1H3;4*1H/t26-,27+,28+,29-;;;;/m1..../s1. The summed E-state index contributed by atoms with van der Waals surface area (Å²) in [5.41, 5.74) is 3.00. The third-order valence-electron chi connectivity index (χ3n) is 7.46. The fraction of sp³-hybridized carbons (Fsp3) is 0.448. The van der Waals surface area contributed by atoms with Gasteiger partial charge in [0.05, 0.1) is 42.9 Å². The minimum atomic E-state index is -0.769. The highest BCUT2D eigenvalue weighted by molar-refractivity contribution is 5.86. The highest BCUT2D eigenvalue weighted by atomic mass is 35.5. The van der Waals surface area contributed by atoms with Gasteiger partial charge in [-0.2, -0.15) is 0 Å². The number of ether oxygens (including phenoxy) is 2. The highest BCUT2D eigenvalue weighted by Gasteiger charge is 2.47. The van der Waals surface area contributed by atoms with Gasteiger partial charge in [-0.05, 0) is 36.4 Å². The second-order valence-electron chi connectivity index (χ2n) is 9.88. The molecule has 0 aliphatic carbocycles. The van der Waals surface area contributed by atoms with Crippen molar-refractivity contribution in [3.63, 3.8) is 0 Å². The van der Waals surface area contributed by atoms with Gasteiger partial charge in [0.25, 0.3) is 0 Å². The van der Waals surface area contributed by atoms with Crippen LogP contribution in [-0.4, -0.2) is 101 Å². The molecule has 1 aromatic carbocycles. The summed E-state index contributed by atoms with van der Waals surface area (Å²) in [7, 11) is 1.70. The van der Waals surface area contributed by atoms with E-state index in [1.807, 2.05) is 54.6 Å². The Balaban J connectivity index is 0.00000220. The van der Waals surface area contributed by atoms with E-state index in [1.165, 1.54) is 0 Å². The number of hydrogen-bond acceptors (Lipinski definition) is 9. The van der Waals surface area contributed by atoms with E-state index < -0.39 is 12.2 Å². The van der Waals surface area contributed by atoms with Crippen LogP contribution in [0.1, 0.15) is 11.4 Å². The van der Waals surface area contributed by atoms with Crippen molar-refractivity contribution in [2.24, 2.45) is 0 Å². The molecule has 2 aliphatic heterocycles. The van der Waals surface area contributed by atoms with Crippen molar-refractivity contribution in [2.75, 3.05) is 51.3 Å². The summed E-state index contributed by atoms with van der Waals surface area (Å²) in [6.45, 7) is 4.80. The average Bonchev–Trinajstić information content (AvgIpc) is 3.28. The Bertz CT molecular complexity index is 1110. The SMILES string of the molecule is COc1ccccc1N1CCN([C@@H]2[C@H](O)[C@H](CO)O[C@@H]2CN(Cc2ccccn2)Cc2ccccn2)CC1.Cl.Cl.Cl.Cl. The second kappa shape index (κ2) is 18.7. The van der Waals surface area contributed by atoms with Gasteiger partial charge in [0.2, 0.25) is 0 Å². The Labute approximate surface area is 272 Å². The Morgan fingerprint density at radius 3 is 1.93 bits per heavy atom. The van der Waals surface area contributed by atoms with Gasteiger partial charge < -0.3 is 24.6 Å². The number of benzene rings is 1. The predicted molar refractivity (Wildman–Crippen MR) is 174 cm³/mol. The number of piperazine rings is 1. The van der Waals surface area contributed by atoms with Crippen molar-refractivity contribution < 1.29 is 19.7 Å². The molecule has 4 heterocycles. The van der Waals surface area contributed by atoms with Crippen LogP contribution in [0.3, 0.4) is 0 Å². The Kier molecular flexibility index (Phi) is 16.9. The number of aliphatic hydroxyl groups excluding tert-OH is 2. The van der Waals surface area contributed by atoms with E-state index in [-0.39, 0.29) is 68.4 Å². The second-order valence-corrected chi connectivity index (χ2v) is 9.88. The molecular weight excluding hydrogens is 624 g/mol. The molecule has 0 bridgehead atoms. The molecule has 4 atom stereocenters.